The van der Waals surface area contributed by atoms with Crippen molar-refractivity contribution in [3.63, 3.8) is 0 Å². The van der Waals surface area contributed by atoms with E-state index < -0.39 is 0 Å². The van der Waals surface area contributed by atoms with Gasteiger partial charge in [0.25, 0.3) is 5.91 Å². The van der Waals surface area contributed by atoms with E-state index in [0.717, 1.165) is 42.7 Å². The lowest BCUT2D eigenvalue weighted by molar-refractivity contribution is 0.0987. The lowest BCUT2D eigenvalue weighted by atomic mass is 10.1. The molecular weight excluding hydrogens is 296 g/mol. The summed E-state index contributed by atoms with van der Waals surface area (Å²) in [6, 6.07) is 20.1. The van der Waals surface area contributed by atoms with E-state index in [9.17, 15) is 4.79 Å². The first-order chi connectivity index (χ1) is 11.8. The van der Waals surface area contributed by atoms with Gasteiger partial charge in [0.2, 0.25) is 0 Å². The molecule has 1 amide bonds. The molecule has 3 nitrogen and oxygen atoms in total. The smallest absolute Gasteiger partial charge is 0.258 e. The summed E-state index contributed by atoms with van der Waals surface area (Å²) >= 11 is 0. The molecule has 1 aliphatic heterocycles. The van der Waals surface area contributed by atoms with Crippen LogP contribution in [0.15, 0.2) is 73.1 Å². The summed E-state index contributed by atoms with van der Waals surface area (Å²) in [6.07, 6.45) is 7.23. The molecular formula is C21H20N2O. The maximum absolute atomic E-state index is 13.0. The van der Waals surface area contributed by atoms with Crippen LogP contribution in [0.1, 0.15) is 28.8 Å². The molecule has 1 aromatic heterocycles. The third-order valence-electron chi connectivity index (χ3n) is 4.62. The van der Waals surface area contributed by atoms with Crippen molar-refractivity contribution in [3.05, 3.63) is 84.2 Å². The maximum Gasteiger partial charge on any atom is 0.258 e. The average molecular weight is 316 g/mol. The van der Waals surface area contributed by atoms with Gasteiger partial charge >= 0.3 is 0 Å². The van der Waals surface area contributed by atoms with E-state index >= 15 is 0 Å². The predicted octanol–water partition coefficient (Wildman–Crippen LogP) is 4.46. The van der Waals surface area contributed by atoms with Crippen LogP contribution in [0.4, 0.5) is 5.69 Å². The van der Waals surface area contributed by atoms with Crippen molar-refractivity contribution in [2.24, 2.45) is 0 Å². The summed E-state index contributed by atoms with van der Waals surface area (Å²) in [7, 11) is 0. The fourth-order valence-corrected chi connectivity index (χ4v) is 3.34. The van der Waals surface area contributed by atoms with Gasteiger partial charge in [-0.2, -0.15) is 0 Å². The van der Waals surface area contributed by atoms with Crippen molar-refractivity contribution in [1.29, 1.82) is 0 Å². The summed E-state index contributed by atoms with van der Waals surface area (Å²) in [5.74, 6) is 0.0865. The first-order valence-corrected chi connectivity index (χ1v) is 8.46. The monoisotopic (exact) mass is 316 g/mol. The minimum Gasteiger partial charge on any atom is -0.324 e. The molecule has 0 saturated carbocycles. The second-order valence-electron chi connectivity index (χ2n) is 6.18. The maximum atomic E-state index is 13.0. The zero-order valence-electron chi connectivity index (χ0n) is 13.6. The molecule has 4 rings (SSSR count). The van der Waals surface area contributed by atoms with Gasteiger partial charge in [0.15, 0.2) is 0 Å². The molecule has 0 N–H and O–H groups in total. The van der Waals surface area contributed by atoms with Crippen molar-refractivity contribution in [2.45, 2.75) is 19.3 Å². The number of aryl methyl sites for hydroxylation is 1. The standard InChI is InChI=1S/C21H20N2O/c24-21(18-10-12-19(13-11-18)22-14-5-6-15-22)23-16-4-3-8-17-7-1-2-9-20(17)23/h1-2,5-7,9-15H,3-4,8,16H2. The number of fused-ring (bicyclic) bond motifs is 1. The number of para-hydroxylation sites is 1. The molecule has 0 spiro atoms. The van der Waals surface area contributed by atoms with Crippen LogP contribution in [0.3, 0.4) is 0 Å². The molecule has 0 atom stereocenters. The number of benzene rings is 2. The van der Waals surface area contributed by atoms with Gasteiger partial charge in [-0.15, -0.1) is 0 Å². The summed E-state index contributed by atoms with van der Waals surface area (Å²) in [5.41, 5.74) is 4.14. The van der Waals surface area contributed by atoms with Crippen LogP contribution in [0.5, 0.6) is 0 Å². The number of hydrogen-bond donors (Lipinski definition) is 0. The summed E-state index contributed by atoms with van der Waals surface area (Å²) in [4.78, 5) is 15.0. The highest BCUT2D eigenvalue weighted by atomic mass is 16.2. The molecule has 0 aliphatic carbocycles. The van der Waals surface area contributed by atoms with Crippen LogP contribution in [0.2, 0.25) is 0 Å². The van der Waals surface area contributed by atoms with Crippen molar-refractivity contribution in [2.75, 3.05) is 11.4 Å². The van der Waals surface area contributed by atoms with E-state index in [-0.39, 0.29) is 5.91 Å². The Morgan fingerprint density at radius 3 is 2.38 bits per heavy atom. The van der Waals surface area contributed by atoms with Gasteiger partial charge in [0, 0.05) is 35.9 Å². The summed E-state index contributed by atoms with van der Waals surface area (Å²) < 4.78 is 2.04. The SMILES string of the molecule is O=C(c1ccc(-n2cccc2)cc1)N1CCCCc2ccccc21. The first-order valence-electron chi connectivity index (χ1n) is 8.46. The first kappa shape index (κ1) is 14.8. The molecule has 0 fully saturated rings. The Balaban J connectivity index is 1.64. The Kier molecular flexibility index (Phi) is 3.91. The minimum atomic E-state index is 0.0865. The molecule has 1 aliphatic rings. The van der Waals surface area contributed by atoms with Crippen LogP contribution < -0.4 is 4.90 Å². The number of hydrogen-bond acceptors (Lipinski definition) is 1. The molecule has 24 heavy (non-hydrogen) atoms. The van der Waals surface area contributed by atoms with E-state index in [4.69, 9.17) is 0 Å². The molecule has 2 heterocycles. The molecule has 3 aromatic rings. The number of nitrogens with zero attached hydrogens (tertiary/aromatic N) is 2. The van der Waals surface area contributed by atoms with E-state index in [1.165, 1.54) is 5.56 Å². The fraction of sp³-hybridized carbons (Fsp3) is 0.190. The number of aromatic nitrogens is 1. The molecule has 120 valence electrons. The van der Waals surface area contributed by atoms with Crippen LogP contribution >= 0.6 is 0 Å². The van der Waals surface area contributed by atoms with E-state index in [1.807, 2.05) is 64.3 Å². The summed E-state index contributed by atoms with van der Waals surface area (Å²) in [5, 5.41) is 0. The van der Waals surface area contributed by atoms with E-state index in [1.54, 1.807) is 0 Å². The molecule has 3 heteroatoms. The van der Waals surface area contributed by atoms with Gasteiger partial charge in [-0.3, -0.25) is 4.79 Å². The molecule has 0 radical (unpaired) electrons. The Labute approximate surface area is 142 Å². The number of rotatable bonds is 2. The third kappa shape index (κ3) is 2.73. The fourth-order valence-electron chi connectivity index (χ4n) is 3.34. The minimum absolute atomic E-state index is 0.0865. The zero-order valence-corrected chi connectivity index (χ0v) is 13.6. The van der Waals surface area contributed by atoms with Gasteiger partial charge in [-0.05, 0) is 67.3 Å². The van der Waals surface area contributed by atoms with Gasteiger partial charge < -0.3 is 9.47 Å². The zero-order chi connectivity index (χ0) is 16.4. The molecule has 0 saturated heterocycles. The number of carbonyl (C=O) groups is 1. The Morgan fingerprint density at radius 1 is 0.833 bits per heavy atom. The Bertz CT molecular complexity index is 835. The average Bonchev–Trinajstić information content (AvgIpc) is 3.08. The highest BCUT2D eigenvalue weighted by molar-refractivity contribution is 6.06. The van der Waals surface area contributed by atoms with Gasteiger partial charge in [-0.1, -0.05) is 18.2 Å². The Morgan fingerprint density at radius 2 is 1.58 bits per heavy atom. The topological polar surface area (TPSA) is 25.2 Å². The van der Waals surface area contributed by atoms with Crippen LogP contribution in [0.25, 0.3) is 5.69 Å². The van der Waals surface area contributed by atoms with Gasteiger partial charge in [0.1, 0.15) is 0 Å². The van der Waals surface area contributed by atoms with Crippen LogP contribution in [-0.4, -0.2) is 17.0 Å². The lowest BCUT2D eigenvalue weighted by Gasteiger charge is -2.23. The summed E-state index contributed by atoms with van der Waals surface area (Å²) in [6.45, 7) is 0.787. The second-order valence-corrected chi connectivity index (χ2v) is 6.18. The van der Waals surface area contributed by atoms with Gasteiger partial charge in [0.05, 0.1) is 0 Å². The lowest BCUT2D eigenvalue weighted by Crippen LogP contribution is -2.31. The highest BCUT2D eigenvalue weighted by Gasteiger charge is 2.21. The Hall–Kier alpha value is -2.81. The highest BCUT2D eigenvalue weighted by Crippen LogP contribution is 2.27. The quantitative estimate of drug-likeness (QED) is 0.685. The third-order valence-corrected chi connectivity index (χ3v) is 4.62. The number of amides is 1. The predicted molar refractivity (Wildman–Crippen MR) is 96.8 cm³/mol. The van der Waals surface area contributed by atoms with Crippen LogP contribution in [0, 0.1) is 0 Å². The van der Waals surface area contributed by atoms with Crippen molar-refractivity contribution >= 4 is 11.6 Å². The molecule has 0 bridgehead atoms. The normalized spacial score (nSPS) is 14.1. The van der Waals surface area contributed by atoms with E-state index in [0.29, 0.717) is 0 Å². The van der Waals surface area contributed by atoms with Crippen molar-refractivity contribution < 1.29 is 4.79 Å². The van der Waals surface area contributed by atoms with Crippen molar-refractivity contribution in [1.82, 2.24) is 4.57 Å². The molecule has 0 unspecified atom stereocenters. The number of carbonyl (C=O) groups excluding carboxylic acids is 1. The van der Waals surface area contributed by atoms with Crippen LogP contribution in [-0.2, 0) is 6.42 Å². The van der Waals surface area contributed by atoms with Crippen molar-refractivity contribution in [3.8, 4) is 5.69 Å². The second kappa shape index (κ2) is 6.36. The largest absolute Gasteiger partial charge is 0.324 e. The number of anilines is 1. The van der Waals surface area contributed by atoms with Gasteiger partial charge in [-0.25, -0.2) is 0 Å². The molecule has 2 aromatic carbocycles. The van der Waals surface area contributed by atoms with E-state index in [2.05, 4.69) is 18.2 Å².